The molecule has 0 bridgehead atoms. The summed E-state index contributed by atoms with van der Waals surface area (Å²) in [5.74, 6) is 1.06. The van der Waals surface area contributed by atoms with Crippen molar-refractivity contribution in [3.63, 3.8) is 0 Å². The van der Waals surface area contributed by atoms with Crippen molar-refractivity contribution in [1.82, 2.24) is 0 Å². The van der Waals surface area contributed by atoms with E-state index in [9.17, 15) is 0 Å². The fourth-order valence-corrected chi connectivity index (χ4v) is 3.44. The number of ether oxygens (including phenoxy) is 1. The Balaban J connectivity index is 1.73. The number of aryl methyl sites for hydroxylation is 1. The Morgan fingerprint density at radius 1 is 1.20 bits per heavy atom. The van der Waals surface area contributed by atoms with E-state index < -0.39 is 0 Å². The summed E-state index contributed by atoms with van der Waals surface area (Å²) in [5, 5.41) is 0.815. The van der Waals surface area contributed by atoms with Gasteiger partial charge in [0, 0.05) is 16.3 Å². The van der Waals surface area contributed by atoms with Crippen LogP contribution in [0.3, 0.4) is 0 Å². The molecule has 0 amide bonds. The second-order valence-corrected chi connectivity index (χ2v) is 6.61. The van der Waals surface area contributed by atoms with E-state index in [0.717, 1.165) is 36.6 Å². The fourth-order valence-electron chi connectivity index (χ4n) is 2.64. The molecule has 0 N–H and O–H groups in total. The lowest BCUT2D eigenvalue weighted by Crippen LogP contribution is -1.96. The van der Waals surface area contributed by atoms with E-state index in [4.69, 9.17) is 16.3 Å². The number of rotatable bonds is 4. The van der Waals surface area contributed by atoms with Gasteiger partial charge in [0.2, 0.25) is 0 Å². The Hall–Kier alpha value is -0.990. The zero-order chi connectivity index (χ0) is 13.9. The van der Waals surface area contributed by atoms with Crippen LogP contribution in [0.1, 0.15) is 27.9 Å². The minimum atomic E-state index is 0.361. The maximum Gasteiger partial charge on any atom is 0.125 e. The van der Waals surface area contributed by atoms with Gasteiger partial charge < -0.3 is 4.74 Å². The molecule has 104 valence electrons. The minimum Gasteiger partial charge on any atom is -0.493 e. The summed E-state index contributed by atoms with van der Waals surface area (Å²) in [5.41, 5.74) is 3.79. The van der Waals surface area contributed by atoms with E-state index in [-0.39, 0.29) is 0 Å². The van der Waals surface area contributed by atoms with Gasteiger partial charge in [0.15, 0.2) is 0 Å². The van der Waals surface area contributed by atoms with E-state index in [1.54, 1.807) is 0 Å². The summed E-state index contributed by atoms with van der Waals surface area (Å²) in [6.45, 7) is 0.777. The van der Waals surface area contributed by atoms with Crippen LogP contribution in [0.15, 0.2) is 42.5 Å². The quantitative estimate of drug-likeness (QED) is 0.675. The third kappa shape index (κ3) is 3.02. The molecule has 2 aromatic rings. The van der Waals surface area contributed by atoms with Gasteiger partial charge >= 0.3 is 0 Å². The second-order valence-electron chi connectivity index (χ2n) is 5.07. The van der Waals surface area contributed by atoms with E-state index in [0.29, 0.717) is 4.83 Å². The summed E-state index contributed by atoms with van der Waals surface area (Å²) in [4.78, 5) is 0.361. The first-order valence-corrected chi connectivity index (χ1v) is 8.16. The van der Waals surface area contributed by atoms with Crippen molar-refractivity contribution in [3.05, 3.63) is 64.2 Å². The lowest BCUT2D eigenvalue weighted by molar-refractivity contribution is 0.353. The number of alkyl halides is 1. The van der Waals surface area contributed by atoms with Crippen molar-refractivity contribution < 1.29 is 4.74 Å². The molecule has 0 radical (unpaired) electrons. The van der Waals surface area contributed by atoms with E-state index in [1.807, 2.05) is 18.2 Å². The van der Waals surface area contributed by atoms with Crippen LogP contribution in [0.5, 0.6) is 5.75 Å². The van der Waals surface area contributed by atoms with Gasteiger partial charge in [-0.3, -0.25) is 0 Å². The molecular formula is C17H16BrClO. The Morgan fingerprint density at radius 3 is 2.80 bits per heavy atom. The zero-order valence-electron chi connectivity index (χ0n) is 11.1. The SMILES string of the molecule is Clc1cc2c(c(CCC(Br)c3ccccc3)c1)OCC2. The largest absolute Gasteiger partial charge is 0.493 e. The molecular weight excluding hydrogens is 336 g/mol. The standard InChI is InChI=1S/C17H16BrClO/c18-16(12-4-2-1-3-5-12)7-6-13-10-15(19)11-14-8-9-20-17(13)14/h1-5,10-11,16H,6-9H2. The van der Waals surface area contributed by atoms with Crippen molar-refractivity contribution in [2.45, 2.75) is 24.1 Å². The first-order chi connectivity index (χ1) is 9.74. The third-order valence-corrected chi connectivity index (χ3v) is 4.86. The van der Waals surface area contributed by atoms with Crippen LogP contribution < -0.4 is 4.74 Å². The number of benzene rings is 2. The predicted molar refractivity (Wildman–Crippen MR) is 87.1 cm³/mol. The average molecular weight is 352 g/mol. The van der Waals surface area contributed by atoms with Gasteiger partial charge in [0.25, 0.3) is 0 Å². The smallest absolute Gasteiger partial charge is 0.125 e. The fraction of sp³-hybridized carbons (Fsp3) is 0.294. The van der Waals surface area contributed by atoms with Gasteiger partial charge in [-0.1, -0.05) is 57.9 Å². The molecule has 20 heavy (non-hydrogen) atoms. The molecule has 1 unspecified atom stereocenters. The Bertz CT molecular complexity index is 597. The van der Waals surface area contributed by atoms with Gasteiger partial charge in [-0.05, 0) is 41.7 Å². The highest BCUT2D eigenvalue weighted by atomic mass is 79.9. The maximum absolute atomic E-state index is 6.19. The first kappa shape index (κ1) is 14.0. The molecule has 0 aliphatic carbocycles. The lowest BCUT2D eigenvalue weighted by Gasteiger charge is -2.12. The number of hydrogen-bond donors (Lipinski definition) is 0. The van der Waals surface area contributed by atoms with Crippen LogP contribution in [0, 0.1) is 0 Å². The summed E-state index contributed by atoms with van der Waals surface area (Å²) < 4.78 is 5.75. The molecule has 0 saturated carbocycles. The van der Waals surface area contributed by atoms with Crippen molar-refractivity contribution in [1.29, 1.82) is 0 Å². The molecule has 0 fully saturated rings. The van der Waals surface area contributed by atoms with Crippen LogP contribution in [-0.4, -0.2) is 6.61 Å². The van der Waals surface area contributed by atoms with Gasteiger partial charge in [0.05, 0.1) is 6.61 Å². The van der Waals surface area contributed by atoms with Crippen LogP contribution in [0.25, 0.3) is 0 Å². The molecule has 1 aliphatic rings. The Kier molecular flexibility index (Phi) is 4.32. The highest BCUT2D eigenvalue weighted by Crippen LogP contribution is 2.36. The highest BCUT2D eigenvalue weighted by Gasteiger charge is 2.18. The molecule has 3 rings (SSSR count). The number of halogens is 2. The van der Waals surface area contributed by atoms with Crippen LogP contribution >= 0.6 is 27.5 Å². The Labute approximate surface area is 133 Å². The van der Waals surface area contributed by atoms with Gasteiger partial charge in [-0.2, -0.15) is 0 Å². The molecule has 1 aliphatic heterocycles. The van der Waals surface area contributed by atoms with Crippen molar-refractivity contribution in [2.24, 2.45) is 0 Å². The molecule has 1 heterocycles. The predicted octanol–water partition coefficient (Wildman–Crippen LogP) is 5.34. The topological polar surface area (TPSA) is 9.23 Å². The van der Waals surface area contributed by atoms with E-state index in [1.165, 1.54) is 16.7 Å². The second kappa shape index (κ2) is 6.19. The molecule has 1 atom stereocenters. The van der Waals surface area contributed by atoms with Crippen molar-refractivity contribution in [2.75, 3.05) is 6.61 Å². The van der Waals surface area contributed by atoms with E-state index >= 15 is 0 Å². The molecule has 0 aromatic heterocycles. The minimum absolute atomic E-state index is 0.361. The van der Waals surface area contributed by atoms with Gasteiger partial charge in [-0.15, -0.1) is 0 Å². The summed E-state index contributed by atoms with van der Waals surface area (Å²) in [6.07, 6.45) is 2.97. The molecule has 1 nitrogen and oxygen atoms in total. The Morgan fingerprint density at radius 2 is 2.00 bits per heavy atom. The van der Waals surface area contributed by atoms with Gasteiger partial charge in [-0.25, -0.2) is 0 Å². The average Bonchev–Trinajstić information content (AvgIpc) is 2.93. The summed E-state index contributed by atoms with van der Waals surface area (Å²) in [7, 11) is 0. The van der Waals surface area contributed by atoms with Gasteiger partial charge in [0.1, 0.15) is 5.75 Å². The normalized spacial score (nSPS) is 14.7. The number of fused-ring (bicyclic) bond motifs is 1. The van der Waals surface area contributed by atoms with Crippen molar-refractivity contribution in [3.8, 4) is 5.75 Å². The molecule has 2 aromatic carbocycles. The lowest BCUT2D eigenvalue weighted by atomic mass is 10.0. The molecule has 0 spiro atoms. The van der Waals surface area contributed by atoms with Crippen molar-refractivity contribution >= 4 is 27.5 Å². The monoisotopic (exact) mass is 350 g/mol. The summed E-state index contributed by atoms with van der Waals surface area (Å²) in [6, 6.07) is 14.6. The third-order valence-electron chi connectivity index (χ3n) is 3.65. The number of hydrogen-bond acceptors (Lipinski definition) is 1. The highest BCUT2D eigenvalue weighted by molar-refractivity contribution is 9.09. The van der Waals surface area contributed by atoms with E-state index in [2.05, 4.69) is 40.2 Å². The van der Waals surface area contributed by atoms with Crippen LogP contribution in [0.4, 0.5) is 0 Å². The summed E-state index contributed by atoms with van der Waals surface area (Å²) >= 11 is 9.96. The van der Waals surface area contributed by atoms with Crippen LogP contribution in [-0.2, 0) is 12.8 Å². The maximum atomic E-state index is 6.19. The zero-order valence-corrected chi connectivity index (χ0v) is 13.5. The molecule has 3 heteroatoms. The van der Waals surface area contributed by atoms with Crippen LogP contribution in [0.2, 0.25) is 5.02 Å². The first-order valence-electron chi connectivity index (χ1n) is 6.87. The molecule has 0 saturated heterocycles.